The number of sulfonamides is 1. The Kier molecular flexibility index (Phi) is 5.21. The molecule has 1 N–H and O–H groups in total. The average molecular weight is 416 g/mol. The molecule has 1 atom stereocenters. The lowest BCUT2D eigenvalue weighted by Crippen LogP contribution is -2.44. The first-order chi connectivity index (χ1) is 13.9. The topological polar surface area (TPSA) is 92.8 Å². The Bertz CT molecular complexity index is 1050. The molecule has 8 heteroatoms. The molecule has 2 aromatic carbocycles. The van der Waals surface area contributed by atoms with Gasteiger partial charge in [-0.15, -0.1) is 0 Å². The van der Waals surface area contributed by atoms with Crippen molar-refractivity contribution in [2.24, 2.45) is 0 Å². The second kappa shape index (κ2) is 7.67. The van der Waals surface area contributed by atoms with E-state index in [1.54, 1.807) is 18.2 Å². The van der Waals surface area contributed by atoms with Crippen molar-refractivity contribution in [1.29, 1.82) is 0 Å². The van der Waals surface area contributed by atoms with Crippen LogP contribution in [0, 0.1) is 0 Å². The Morgan fingerprint density at radius 3 is 2.55 bits per heavy atom. The maximum absolute atomic E-state index is 12.9. The molecule has 0 aromatic heterocycles. The molecule has 0 spiro atoms. The molecular weight excluding hydrogens is 392 g/mol. The number of amides is 1. The van der Waals surface area contributed by atoms with E-state index in [0.717, 1.165) is 35.4 Å². The number of nitrogens with one attached hydrogen (secondary N) is 1. The molecule has 29 heavy (non-hydrogen) atoms. The van der Waals surface area contributed by atoms with Crippen molar-refractivity contribution in [1.82, 2.24) is 5.32 Å². The molecule has 2 aromatic rings. The molecule has 2 aliphatic rings. The number of nitrogens with zero attached hydrogens (tertiary/aromatic N) is 1. The van der Waals surface area contributed by atoms with Crippen molar-refractivity contribution in [3.63, 3.8) is 0 Å². The van der Waals surface area contributed by atoms with Gasteiger partial charge >= 0.3 is 5.97 Å². The molecule has 1 fully saturated rings. The summed E-state index contributed by atoms with van der Waals surface area (Å²) in [7, 11) is -3.84. The van der Waals surface area contributed by atoms with Gasteiger partial charge < -0.3 is 10.1 Å². The van der Waals surface area contributed by atoms with Gasteiger partial charge in [-0.05, 0) is 37.3 Å². The summed E-state index contributed by atoms with van der Waals surface area (Å²) >= 11 is 0. The van der Waals surface area contributed by atoms with Crippen LogP contribution in [0.3, 0.4) is 0 Å². The van der Waals surface area contributed by atoms with Crippen LogP contribution in [0.1, 0.15) is 39.0 Å². The van der Waals surface area contributed by atoms with Crippen molar-refractivity contribution in [2.45, 2.75) is 56.1 Å². The molecule has 1 aliphatic heterocycles. The van der Waals surface area contributed by atoms with Gasteiger partial charge in [0.05, 0.1) is 10.6 Å². The average Bonchev–Trinajstić information content (AvgIpc) is 2.92. The second-order valence-corrected chi connectivity index (χ2v) is 9.45. The fourth-order valence-electron chi connectivity index (χ4n) is 4.10. The van der Waals surface area contributed by atoms with E-state index >= 15 is 0 Å². The summed E-state index contributed by atoms with van der Waals surface area (Å²) in [4.78, 5) is 25.0. The zero-order valence-corrected chi connectivity index (χ0v) is 17.1. The molecular formula is C21H24N2O5S. The summed E-state index contributed by atoms with van der Waals surface area (Å²) in [6.07, 6.45) is 4.22. The number of hydrogen-bond acceptors (Lipinski definition) is 5. The number of carbonyl (C=O) groups excluding carboxylic acids is 2. The van der Waals surface area contributed by atoms with Crippen LogP contribution in [-0.4, -0.2) is 39.0 Å². The zero-order valence-electron chi connectivity index (χ0n) is 16.3. The third kappa shape index (κ3) is 3.69. The molecule has 1 aliphatic carbocycles. The molecule has 0 saturated heterocycles. The summed E-state index contributed by atoms with van der Waals surface area (Å²) < 4.78 is 32.1. The van der Waals surface area contributed by atoms with Crippen LogP contribution in [0.5, 0.6) is 0 Å². The highest BCUT2D eigenvalue weighted by molar-refractivity contribution is 7.93. The highest BCUT2D eigenvalue weighted by Crippen LogP contribution is 2.41. The molecule has 0 radical (unpaired) electrons. The van der Waals surface area contributed by atoms with Crippen molar-refractivity contribution in [3.8, 4) is 0 Å². The van der Waals surface area contributed by atoms with Gasteiger partial charge in [0.1, 0.15) is 6.54 Å². The number of anilines is 1. The van der Waals surface area contributed by atoms with Crippen LogP contribution in [0.2, 0.25) is 0 Å². The highest BCUT2D eigenvalue weighted by atomic mass is 32.2. The van der Waals surface area contributed by atoms with Gasteiger partial charge in [0.2, 0.25) is 0 Å². The van der Waals surface area contributed by atoms with Gasteiger partial charge in [0.15, 0.2) is 6.10 Å². The molecule has 0 unspecified atom stereocenters. The zero-order chi connectivity index (χ0) is 20.6. The Balaban J connectivity index is 1.45. The van der Waals surface area contributed by atoms with Gasteiger partial charge in [-0.25, -0.2) is 8.42 Å². The van der Waals surface area contributed by atoms with Gasteiger partial charge in [0, 0.05) is 11.4 Å². The molecule has 1 amide bonds. The maximum Gasteiger partial charge on any atom is 0.327 e. The van der Waals surface area contributed by atoms with Crippen LogP contribution in [0.4, 0.5) is 5.69 Å². The molecule has 7 nitrogen and oxygen atoms in total. The Labute approximate surface area is 170 Å². The van der Waals surface area contributed by atoms with E-state index in [9.17, 15) is 18.0 Å². The molecule has 0 bridgehead atoms. The van der Waals surface area contributed by atoms with Gasteiger partial charge in [-0.1, -0.05) is 43.5 Å². The lowest BCUT2D eigenvalue weighted by molar-refractivity contribution is -0.153. The van der Waals surface area contributed by atoms with Crippen LogP contribution in [-0.2, 0) is 24.3 Å². The minimum absolute atomic E-state index is 0.114. The quantitative estimate of drug-likeness (QED) is 0.757. The summed E-state index contributed by atoms with van der Waals surface area (Å²) in [6.45, 7) is 1.03. The van der Waals surface area contributed by atoms with E-state index < -0.39 is 28.6 Å². The van der Waals surface area contributed by atoms with E-state index in [1.165, 1.54) is 19.4 Å². The normalized spacial score (nSPS) is 19.1. The van der Waals surface area contributed by atoms with E-state index in [2.05, 4.69) is 5.32 Å². The van der Waals surface area contributed by atoms with Crippen molar-refractivity contribution < 1.29 is 22.7 Å². The number of carbonyl (C=O) groups is 2. The molecule has 1 heterocycles. The van der Waals surface area contributed by atoms with E-state index in [1.807, 2.05) is 12.1 Å². The lowest BCUT2D eigenvalue weighted by atomic mass is 9.95. The number of benzene rings is 2. The monoisotopic (exact) mass is 416 g/mol. The van der Waals surface area contributed by atoms with Crippen molar-refractivity contribution >= 4 is 38.4 Å². The van der Waals surface area contributed by atoms with Crippen molar-refractivity contribution in [3.05, 3.63) is 36.4 Å². The molecule has 154 valence electrons. The first kappa shape index (κ1) is 19.7. The summed E-state index contributed by atoms with van der Waals surface area (Å²) in [5.74, 6) is -1.11. The first-order valence-corrected chi connectivity index (χ1v) is 11.4. The van der Waals surface area contributed by atoms with Crippen LogP contribution in [0.25, 0.3) is 10.8 Å². The van der Waals surface area contributed by atoms with Gasteiger partial charge in [-0.2, -0.15) is 0 Å². The second-order valence-electron chi connectivity index (χ2n) is 7.62. The number of rotatable bonds is 5. The highest BCUT2D eigenvalue weighted by Gasteiger charge is 2.37. The Hall–Kier alpha value is -2.61. The fourth-order valence-corrected chi connectivity index (χ4v) is 5.75. The Morgan fingerprint density at radius 2 is 1.83 bits per heavy atom. The molecule has 4 rings (SSSR count). The first-order valence-electron chi connectivity index (χ1n) is 9.92. The van der Waals surface area contributed by atoms with E-state index in [-0.39, 0.29) is 16.8 Å². The maximum atomic E-state index is 12.9. The van der Waals surface area contributed by atoms with Gasteiger partial charge in [-0.3, -0.25) is 13.9 Å². The summed E-state index contributed by atoms with van der Waals surface area (Å²) in [6, 6.07) is 10.4. The number of esters is 1. The third-order valence-corrected chi connectivity index (χ3v) is 7.39. The fraction of sp³-hybridized carbons (Fsp3) is 0.429. The smallest absolute Gasteiger partial charge is 0.327 e. The van der Waals surface area contributed by atoms with Crippen LogP contribution < -0.4 is 9.62 Å². The van der Waals surface area contributed by atoms with Gasteiger partial charge in [0.25, 0.3) is 15.9 Å². The Morgan fingerprint density at radius 1 is 1.14 bits per heavy atom. The predicted molar refractivity (Wildman–Crippen MR) is 109 cm³/mol. The minimum atomic E-state index is -3.84. The SMILES string of the molecule is C[C@@H](OC(=O)CN1c2cccc3cccc(c23)S1(=O)=O)C(=O)NC1CCCCC1. The van der Waals surface area contributed by atoms with E-state index in [4.69, 9.17) is 4.74 Å². The van der Waals surface area contributed by atoms with Crippen LogP contribution >= 0.6 is 0 Å². The standard InChI is InChI=1S/C21H24N2O5S/c1-14(21(25)22-16-9-3-2-4-10-16)28-19(24)13-23-17-11-5-7-15-8-6-12-18(20(15)17)29(23,26)27/h5-8,11-12,14,16H,2-4,9-10,13H2,1H3,(H,22,25)/t14-/m1/s1. The van der Waals surface area contributed by atoms with E-state index in [0.29, 0.717) is 11.1 Å². The minimum Gasteiger partial charge on any atom is -0.451 e. The number of ether oxygens (including phenoxy) is 1. The number of hydrogen-bond donors (Lipinski definition) is 1. The lowest BCUT2D eigenvalue weighted by Gasteiger charge is -2.25. The molecule has 1 saturated carbocycles. The predicted octanol–water partition coefficient (Wildman–Crippen LogP) is 2.73. The van der Waals surface area contributed by atoms with Crippen molar-refractivity contribution in [2.75, 3.05) is 10.8 Å². The largest absolute Gasteiger partial charge is 0.451 e. The van der Waals surface area contributed by atoms with Crippen LogP contribution in [0.15, 0.2) is 41.3 Å². The summed E-state index contributed by atoms with van der Waals surface area (Å²) in [5, 5.41) is 4.31. The summed E-state index contributed by atoms with van der Waals surface area (Å²) in [5.41, 5.74) is 0.453. The third-order valence-electron chi connectivity index (χ3n) is 5.58.